The molecule has 17 heteroatoms. The summed E-state index contributed by atoms with van der Waals surface area (Å²) >= 11 is 0. The number of methoxy groups -OCH3 is 1. The Morgan fingerprint density at radius 2 is 1.53 bits per heavy atom. The predicted octanol–water partition coefficient (Wildman–Crippen LogP) is 6.14. The van der Waals surface area contributed by atoms with Crippen LogP contribution < -0.4 is 20.8 Å². The molecule has 6 aliphatic rings. The van der Waals surface area contributed by atoms with Crippen LogP contribution in [0.4, 0.5) is 10.5 Å². The van der Waals surface area contributed by atoms with Crippen molar-refractivity contribution in [2.45, 2.75) is 118 Å². The summed E-state index contributed by atoms with van der Waals surface area (Å²) in [6.45, 7) is 21.3. The van der Waals surface area contributed by atoms with E-state index in [-0.39, 0.29) is 55.4 Å². The zero-order valence-corrected chi connectivity index (χ0v) is 43.9. The lowest BCUT2D eigenvalue weighted by Crippen LogP contribution is -2.52. The molecule has 2 amide bonds. The number of Topliss-reactive ketones (excluding diaryl/α,β-unsaturated/α-hetero) is 1. The quantitative estimate of drug-likeness (QED) is 0.176. The first-order valence-electron chi connectivity index (χ1n) is 25.8. The summed E-state index contributed by atoms with van der Waals surface area (Å²) in [6, 6.07) is 10.2. The van der Waals surface area contributed by atoms with Gasteiger partial charge in [-0.15, -0.1) is 0 Å². The van der Waals surface area contributed by atoms with Gasteiger partial charge in [0, 0.05) is 119 Å². The summed E-state index contributed by atoms with van der Waals surface area (Å²) in [5.41, 5.74) is 0.590. The molecule has 1 spiro atoms. The van der Waals surface area contributed by atoms with Crippen molar-refractivity contribution in [2.24, 2.45) is 39.6 Å². The predicted molar refractivity (Wildman–Crippen MR) is 276 cm³/mol. The topological polar surface area (TPSA) is 216 Å². The van der Waals surface area contributed by atoms with Crippen molar-refractivity contribution in [3.05, 3.63) is 93.9 Å². The molecule has 0 radical (unpaired) electrons. The molecule has 2 saturated heterocycles. The highest BCUT2D eigenvalue weighted by Gasteiger charge is 2.50. The smallest absolute Gasteiger partial charge is 0.410 e. The zero-order valence-electron chi connectivity index (χ0n) is 43.9. The van der Waals surface area contributed by atoms with Gasteiger partial charge in [0.05, 0.1) is 40.9 Å². The van der Waals surface area contributed by atoms with Crippen molar-refractivity contribution in [2.75, 3.05) is 58.2 Å². The van der Waals surface area contributed by atoms with Crippen LogP contribution in [-0.2, 0) is 25.5 Å². The molecular weight excluding hydrogens is 933 g/mol. The van der Waals surface area contributed by atoms with Crippen LogP contribution in [0.2, 0.25) is 0 Å². The third-order valence-corrected chi connectivity index (χ3v) is 15.7. The van der Waals surface area contributed by atoms with E-state index >= 15 is 0 Å². The van der Waals surface area contributed by atoms with Gasteiger partial charge in [-0.3, -0.25) is 24.5 Å². The lowest BCUT2D eigenvalue weighted by atomic mass is 9.78. The molecule has 73 heavy (non-hydrogen) atoms. The van der Waals surface area contributed by atoms with Crippen LogP contribution >= 0.6 is 0 Å². The van der Waals surface area contributed by atoms with Crippen molar-refractivity contribution < 1.29 is 53.8 Å². The fourth-order valence-electron chi connectivity index (χ4n) is 11.1. The molecule has 9 rings (SSSR count). The summed E-state index contributed by atoms with van der Waals surface area (Å²) in [7, 11) is 1.50. The van der Waals surface area contributed by atoms with E-state index in [1.54, 1.807) is 63.8 Å². The van der Waals surface area contributed by atoms with Gasteiger partial charge in [-0.05, 0) is 31.4 Å². The van der Waals surface area contributed by atoms with Crippen LogP contribution in [0.3, 0.4) is 0 Å². The van der Waals surface area contributed by atoms with Crippen molar-refractivity contribution in [3.8, 4) is 17.2 Å². The number of rotatable bonds is 6. The largest absolute Gasteiger partial charge is 0.507 e. The fraction of sp³-hybridized carbons (Fsp3) is 0.554. The second-order valence-corrected chi connectivity index (χ2v) is 21.5. The van der Waals surface area contributed by atoms with E-state index < -0.39 is 83.1 Å². The molecular formula is C56H74N6O11. The Bertz CT molecular complexity index is 2800. The van der Waals surface area contributed by atoms with Crippen LogP contribution in [0.25, 0.3) is 10.8 Å². The third-order valence-electron chi connectivity index (χ3n) is 15.7. The number of anilines is 1. The number of nitrogens with one attached hydrogen (secondary N) is 1. The number of aliphatic hydroxyl groups is 2. The first-order chi connectivity index (χ1) is 34.7. The summed E-state index contributed by atoms with van der Waals surface area (Å²) in [5.74, 6) is -6.10. The number of phenols is 2. The molecule has 394 valence electrons. The molecule has 0 aromatic heterocycles. The first kappa shape index (κ1) is 53.4. The molecule has 6 heterocycles. The number of ether oxygens (including phenoxy) is 4. The number of amides is 2. The van der Waals surface area contributed by atoms with Crippen LogP contribution in [-0.4, -0.2) is 142 Å². The Morgan fingerprint density at radius 1 is 0.863 bits per heavy atom. The number of phenolic OH excluding ortho intramolecular Hbond substituents is 2. The highest BCUT2D eigenvalue weighted by molar-refractivity contribution is 6.19. The number of ketones is 1. The van der Waals surface area contributed by atoms with Crippen molar-refractivity contribution in [1.29, 1.82) is 0 Å². The Balaban J connectivity index is 1.17. The van der Waals surface area contributed by atoms with Gasteiger partial charge in [0.2, 0.25) is 0 Å². The van der Waals surface area contributed by atoms with Gasteiger partial charge in [0.15, 0.2) is 11.4 Å². The van der Waals surface area contributed by atoms with Gasteiger partial charge in [-0.1, -0.05) is 90.1 Å². The third kappa shape index (κ3) is 10.6. The summed E-state index contributed by atoms with van der Waals surface area (Å²) in [6.07, 6.45) is 4.40. The molecule has 0 aliphatic carbocycles. The van der Waals surface area contributed by atoms with Crippen LogP contribution in [0, 0.1) is 36.5 Å². The Morgan fingerprint density at radius 3 is 2.19 bits per heavy atom. The number of piperidine rings is 1. The molecule has 0 unspecified atom stereocenters. The van der Waals surface area contributed by atoms with Gasteiger partial charge >= 0.3 is 11.9 Å². The van der Waals surface area contributed by atoms with E-state index in [2.05, 4.69) is 41.1 Å². The normalized spacial score (nSPS) is 30.8. The number of benzene rings is 3. The summed E-state index contributed by atoms with van der Waals surface area (Å²) < 4.78 is 25.0. The van der Waals surface area contributed by atoms with Gasteiger partial charge in [0.1, 0.15) is 28.6 Å². The average molecular weight is 1010 g/mol. The molecule has 17 nitrogen and oxygen atoms in total. The van der Waals surface area contributed by atoms with E-state index in [4.69, 9.17) is 28.9 Å². The number of carbonyl (C=O) groups is 3. The van der Waals surface area contributed by atoms with Crippen molar-refractivity contribution in [1.82, 2.24) is 14.7 Å². The molecule has 3 aromatic carbocycles. The first-order valence-corrected chi connectivity index (χ1v) is 25.8. The Kier molecular flexibility index (Phi) is 15.8. The minimum absolute atomic E-state index is 0.0346. The Labute approximate surface area is 427 Å². The molecule has 9 atom stereocenters. The van der Waals surface area contributed by atoms with Gasteiger partial charge in [-0.2, -0.15) is 0 Å². The maximum atomic E-state index is 15.0. The summed E-state index contributed by atoms with van der Waals surface area (Å²) in [5, 5.41) is 51.3. The number of likely N-dealkylation sites (tertiary alicyclic amines) is 1. The fourth-order valence-corrected chi connectivity index (χ4v) is 11.1. The number of nitrogens with zero attached hydrogens (tertiary/aromatic N) is 5. The number of carbonyl (C=O) groups excluding carboxylic acids is 3. The summed E-state index contributed by atoms with van der Waals surface area (Å²) in [4.78, 5) is 59.9. The second kappa shape index (κ2) is 21.5. The second-order valence-electron chi connectivity index (χ2n) is 21.5. The molecule has 0 saturated carbocycles. The molecule has 5 N–H and O–H groups in total. The monoisotopic (exact) mass is 1010 g/mol. The number of fused-ring (bicyclic) bond motifs is 13. The zero-order chi connectivity index (χ0) is 52.7. The molecule has 3 aromatic rings. The number of hydrogen-bond acceptors (Lipinski definition) is 15. The van der Waals surface area contributed by atoms with Crippen LogP contribution in [0.5, 0.6) is 17.2 Å². The maximum Gasteiger partial charge on any atom is 0.410 e. The number of hydrogen-bond donors (Lipinski definition) is 5. The average Bonchev–Trinajstić information content (AvgIpc) is 3.87. The van der Waals surface area contributed by atoms with E-state index in [1.165, 1.54) is 25.9 Å². The van der Waals surface area contributed by atoms with E-state index in [0.717, 1.165) is 13.1 Å². The molecule has 2 fully saturated rings. The number of aromatic hydroxyl groups is 2. The number of piperazine rings is 1. The van der Waals surface area contributed by atoms with Crippen molar-refractivity contribution in [3.63, 3.8) is 0 Å². The minimum atomic E-state index is -1.99. The number of aliphatic hydroxyl groups excluding tert-OH is 2. The van der Waals surface area contributed by atoms with E-state index in [1.807, 2.05) is 25.1 Å². The highest BCUT2D eigenvalue weighted by atomic mass is 16.7. The molecule has 5 bridgehead atoms. The lowest BCUT2D eigenvalue weighted by molar-refractivity contribution is -0.112. The van der Waals surface area contributed by atoms with E-state index in [9.17, 15) is 34.8 Å². The van der Waals surface area contributed by atoms with Gasteiger partial charge < -0.3 is 54.5 Å². The van der Waals surface area contributed by atoms with Crippen molar-refractivity contribution >= 4 is 34.2 Å². The SMILES string of the molecule is CO[C@H]1/C=C/O[C@@]2(C)Oc3c(C)c(O)c4c(O)c(c5c(c4c3C2=O)=NC2(CCN(CC(C)C)CC2)N=5)NC(=O)/C(C)=C\C=C\[C@H](C)[C@H](O)[C@@H](C)[C@@H](O)[C@@H](C)[C@H](OC(=O)N2CCN(Cc3ccccc3)CC2)[C@@H]1C. The van der Waals surface area contributed by atoms with E-state index in [0.29, 0.717) is 58.0 Å². The van der Waals surface area contributed by atoms with Gasteiger partial charge in [-0.25, -0.2) is 4.79 Å². The minimum Gasteiger partial charge on any atom is -0.507 e. The van der Waals surface area contributed by atoms with Gasteiger partial charge in [0.25, 0.3) is 11.7 Å². The molecule has 6 aliphatic heterocycles. The van der Waals surface area contributed by atoms with Crippen LogP contribution in [0.1, 0.15) is 89.7 Å². The number of allylic oxidation sites excluding steroid dienone is 2. The lowest BCUT2D eigenvalue weighted by Gasteiger charge is -2.40. The Hall–Kier alpha value is -5.85. The standard InChI is InChI=1S/C56H74N6O11/c1-31(2)29-60-22-20-56(21-23-60)58-43-40-41-48(65)37(8)51-42(40)52(67)55(9,73-51)71-28-19-39(70-10)34(5)50(72-54(69)62-26-24-61(25-27-62)30-38-17-12-11-13-18-38)36(7)47(64)35(6)46(63)32(3)15-14-16-33(4)53(68)57-45(49(41)66)44(43)59-56/h11-19,28,31-32,34-36,39,46-47,50,63-66H,20-27,29-30H2,1-10H3,(H,57,68)/b15-14+,28-19+,33-16-/t32-,34+,35+,36+,39-,46-,47+,50+,55-/m0/s1. The van der Waals surface area contributed by atoms with Crippen LogP contribution in [0.15, 0.2) is 76.5 Å². The highest BCUT2D eigenvalue weighted by Crippen LogP contribution is 2.50. The maximum absolute atomic E-state index is 15.0.